The van der Waals surface area contributed by atoms with Crippen molar-refractivity contribution < 1.29 is 14.4 Å². The number of aromatic nitrogens is 2. The molecule has 7 heteroatoms. The molecule has 25 heavy (non-hydrogen) atoms. The fraction of sp³-hybridized carbons (Fsp3) is 0.500. The zero-order valence-electron chi connectivity index (χ0n) is 14.4. The summed E-state index contributed by atoms with van der Waals surface area (Å²) in [4.78, 5) is 16.2. The molecule has 1 heterocycles. The zero-order chi connectivity index (χ0) is 17.7. The van der Waals surface area contributed by atoms with Crippen LogP contribution in [0, 0.1) is 0 Å². The average molecular weight is 344 g/mol. The van der Waals surface area contributed by atoms with Crippen LogP contribution >= 0.6 is 0 Å². The minimum absolute atomic E-state index is 0.0912. The van der Waals surface area contributed by atoms with E-state index in [0.717, 1.165) is 24.8 Å². The molecule has 1 saturated carbocycles. The van der Waals surface area contributed by atoms with Crippen LogP contribution in [0.4, 0.5) is 4.79 Å². The number of rotatable bonds is 7. The van der Waals surface area contributed by atoms with E-state index in [2.05, 4.69) is 20.8 Å². The summed E-state index contributed by atoms with van der Waals surface area (Å²) in [6.45, 7) is 2.78. The van der Waals surface area contributed by atoms with Gasteiger partial charge >= 0.3 is 6.03 Å². The summed E-state index contributed by atoms with van der Waals surface area (Å²) in [6.07, 6.45) is 3.32. The molecule has 134 valence electrons. The topological polar surface area (TPSA) is 100 Å². The molecule has 0 aliphatic heterocycles. The Kier molecular flexibility index (Phi) is 5.33. The monoisotopic (exact) mass is 344 g/mol. The minimum atomic E-state index is -0.571. The van der Waals surface area contributed by atoms with E-state index in [4.69, 9.17) is 4.52 Å². The second-order valence-corrected chi connectivity index (χ2v) is 6.69. The Bertz CT molecular complexity index is 697. The molecule has 1 fully saturated rings. The van der Waals surface area contributed by atoms with Gasteiger partial charge in [-0.05, 0) is 25.7 Å². The summed E-state index contributed by atoms with van der Waals surface area (Å²) >= 11 is 0. The maximum absolute atomic E-state index is 11.8. The maximum Gasteiger partial charge on any atom is 0.314 e. The molecular weight excluding hydrogens is 320 g/mol. The summed E-state index contributed by atoms with van der Waals surface area (Å²) < 4.78 is 5.30. The number of amides is 2. The lowest BCUT2D eigenvalue weighted by Gasteiger charge is -2.36. The summed E-state index contributed by atoms with van der Waals surface area (Å²) in [7, 11) is 0. The Hall–Kier alpha value is -2.41. The van der Waals surface area contributed by atoms with Gasteiger partial charge in [0.1, 0.15) is 0 Å². The van der Waals surface area contributed by atoms with Gasteiger partial charge in [-0.2, -0.15) is 4.98 Å². The Labute approximate surface area is 146 Å². The van der Waals surface area contributed by atoms with Gasteiger partial charge in [-0.25, -0.2) is 4.79 Å². The second-order valence-electron chi connectivity index (χ2n) is 6.69. The second kappa shape index (κ2) is 7.65. The molecule has 1 atom stereocenters. The number of aliphatic hydroxyl groups is 1. The molecule has 1 aromatic heterocycles. The first-order valence-corrected chi connectivity index (χ1v) is 8.69. The van der Waals surface area contributed by atoms with Crippen molar-refractivity contribution in [1.82, 2.24) is 20.8 Å². The number of nitrogens with zero attached hydrogens (tertiary/aromatic N) is 2. The number of carbonyl (C=O) groups excluding carboxylic acids is 1. The molecule has 0 spiro atoms. The molecule has 0 radical (unpaired) electrons. The number of urea groups is 1. The third-order valence-electron chi connectivity index (χ3n) is 4.62. The Morgan fingerprint density at radius 3 is 2.76 bits per heavy atom. The molecule has 0 bridgehead atoms. The van der Waals surface area contributed by atoms with E-state index in [1.54, 1.807) is 0 Å². The number of benzene rings is 1. The van der Waals surface area contributed by atoms with E-state index < -0.39 is 5.60 Å². The zero-order valence-corrected chi connectivity index (χ0v) is 14.4. The van der Waals surface area contributed by atoms with Crippen LogP contribution in [0.15, 0.2) is 34.9 Å². The molecule has 2 aromatic rings. The van der Waals surface area contributed by atoms with Crippen molar-refractivity contribution in [3.63, 3.8) is 0 Å². The normalized spacial score (nSPS) is 16.7. The predicted octanol–water partition coefficient (Wildman–Crippen LogP) is 2.44. The van der Waals surface area contributed by atoms with Crippen molar-refractivity contribution in [2.75, 3.05) is 13.1 Å². The van der Waals surface area contributed by atoms with E-state index in [1.807, 2.05) is 37.3 Å². The quantitative estimate of drug-likeness (QED) is 0.716. The van der Waals surface area contributed by atoms with Gasteiger partial charge < -0.3 is 20.3 Å². The molecule has 3 N–H and O–H groups in total. The van der Waals surface area contributed by atoms with Crippen LogP contribution in [-0.4, -0.2) is 40.0 Å². The number of nitrogens with one attached hydrogen (secondary N) is 2. The van der Waals surface area contributed by atoms with E-state index in [9.17, 15) is 9.90 Å². The third-order valence-corrected chi connectivity index (χ3v) is 4.62. The molecule has 1 aliphatic carbocycles. The Morgan fingerprint density at radius 1 is 1.32 bits per heavy atom. The van der Waals surface area contributed by atoms with Gasteiger partial charge in [0.05, 0.1) is 11.5 Å². The van der Waals surface area contributed by atoms with Gasteiger partial charge in [0.2, 0.25) is 11.7 Å². The molecule has 7 nitrogen and oxygen atoms in total. The first kappa shape index (κ1) is 17.4. The molecule has 1 aliphatic rings. The molecule has 1 aromatic carbocycles. The highest BCUT2D eigenvalue weighted by Gasteiger charge is 2.33. The van der Waals surface area contributed by atoms with Crippen molar-refractivity contribution >= 4 is 6.03 Å². The van der Waals surface area contributed by atoms with E-state index in [0.29, 0.717) is 31.2 Å². The van der Waals surface area contributed by atoms with E-state index >= 15 is 0 Å². The van der Waals surface area contributed by atoms with Crippen LogP contribution in [0.5, 0.6) is 0 Å². The lowest BCUT2D eigenvalue weighted by Crippen LogP contribution is -2.43. The first-order chi connectivity index (χ1) is 12.1. The molecule has 3 rings (SSSR count). The third kappa shape index (κ3) is 4.57. The average Bonchev–Trinajstić information content (AvgIpc) is 3.09. The fourth-order valence-electron chi connectivity index (χ4n) is 2.78. The number of hydrogen-bond donors (Lipinski definition) is 3. The van der Waals surface area contributed by atoms with Crippen molar-refractivity contribution in [2.24, 2.45) is 0 Å². The fourth-order valence-corrected chi connectivity index (χ4v) is 2.78. The van der Waals surface area contributed by atoms with E-state index in [-0.39, 0.29) is 11.9 Å². The van der Waals surface area contributed by atoms with Gasteiger partial charge in [0, 0.05) is 18.7 Å². The summed E-state index contributed by atoms with van der Waals surface area (Å²) in [6, 6.07) is 9.35. The van der Waals surface area contributed by atoms with Gasteiger partial charge in [-0.15, -0.1) is 0 Å². The van der Waals surface area contributed by atoms with Crippen LogP contribution < -0.4 is 10.6 Å². The van der Waals surface area contributed by atoms with Crippen LogP contribution in [0.3, 0.4) is 0 Å². The Balaban J connectivity index is 1.42. The van der Waals surface area contributed by atoms with Crippen molar-refractivity contribution in [1.29, 1.82) is 0 Å². The van der Waals surface area contributed by atoms with Crippen LogP contribution in [0.25, 0.3) is 11.4 Å². The molecule has 0 unspecified atom stereocenters. The van der Waals surface area contributed by atoms with Crippen molar-refractivity contribution in [2.45, 2.75) is 44.1 Å². The highest BCUT2D eigenvalue weighted by Crippen LogP contribution is 2.33. The van der Waals surface area contributed by atoms with E-state index in [1.165, 1.54) is 0 Å². The molecular formula is C18H24N4O3. The minimum Gasteiger partial charge on any atom is -0.390 e. The first-order valence-electron chi connectivity index (χ1n) is 8.69. The largest absolute Gasteiger partial charge is 0.390 e. The van der Waals surface area contributed by atoms with Gasteiger partial charge in [-0.1, -0.05) is 42.4 Å². The maximum atomic E-state index is 11.8. The van der Waals surface area contributed by atoms with Crippen LogP contribution in [0.1, 0.15) is 44.4 Å². The molecule has 0 saturated heterocycles. The highest BCUT2D eigenvalue weighted by atomic mass is 16.5. The van der Waals surface area contributed by atoms with Crippen LogP contribution in [0.2, 0.25) is 0 Å². The number of carbonyl (C=O) groups is 1. The highest BCUT2D eigenvalue weighted by molar-refractivity contribution is 5.73. The lowest BCUT2D eigenvalue weighted by molar-refractivity contribution is -0.0389. The SMILES string of the molecule is C[C@@H](CNC(=O)NCCC1(O)CCC1)c1nc(-c2ccccc2)no1. The van der Waals surface area contributed by atoms with Crippen LogP contribution in [-0.2, 0) is 0 Å². The number of hydrogen-bond acceptors (Lipinski definition) is 5. The summed E-state index contributed by atoms with van der Waals surface area (Å²) in [5.74, 6) is 0.940. The Morgan fingerprint density at radius 2 is 2.08 bits per heavy atom. The predicted molar refractivity (Wildman–Crippen MR) is 93.0 cm³/mol. The lowest BCUT2D eigenvalue weighted by atomic mass is 9.78. The summed E-state index contributed by atoms with van der Waals surface area (Å²) in [5.41, 5.74) is 0.322. The molecule has 2 amide bonds. The van der Waals surface area contributed by atoms with Gasteiger partial charge in [0.25, 0.3) is 0 Å². The van der Waals surface area contributed by atoms with Gasteiger partial charge in [0.15, 0.2) is 0 Å². The standard InChI is InChI=1S/C18H24N4O3/c1-13(12-20-17(23)19-11-10-18(24)8-5-9-18)16-21-15(22-25-16)14-6-3-2-4-7-14/h2-4,6-7,13,24H,5,8-12H2,1H3,(H2,19,20,23)/t13-/m0/s1. The van der Waals surface area contributed by atoms with Crippen molar-refractivity contribution in [3.05, 3.63) is 36.2 Å². The summed E-state index contributed by atoms with van der Waals surface area (Å²) in [5, 5.41) is 19.5. The van der Waals surface area contributed by atoms with Crippen molar-refractivity contribution in [3.8, 4) is 11.4 Å². The van der Waals surface area contributed by atoms with Gasteiger partial charge in [-0.3, -0.25) is 0 Å². The smallest absolute Gasteiger partial charge is 0.314 e.